The predicted octanol–water partition coefficient (Wildman–Crippen LogP) is 1.80. The van der Waals surface area contributed by atoms with Gasteiger partial charge in [0, 0.05) is 30.6 Å². The molecule has 1 saturated heterocycles. The summed E-state index contributed by atoms with van der Waals surface area (Å²) >= 11 is 0. The number of carbonyl (C=O) groups excluding carboxylic acids is 1. The smallest absolute Gasteiger partial charge is 0.261 e. The van der Waals surface area contributed by atoms with E-state index in [1.807, 2.05) is 20.8 Å². The first-order chi connectivity index (χ1) is 7.59. The summed E-state index contributed by atoms with van der Waals surface area (Å²) in [5.41, 5.74) is -0.00719. The normalized spacial score (nSPS) is 20.3. The van der Waals surface area contributed by atoms with Gasteiger partial charge in [0.25, 0.3) is 5.92 Å². The van der Waals surface area contributed by atoms with Crippen molar-refractivity contribution in [3.63, 3.8) is 0 Å². The third kappa shape index (κ3) is 4.81. The Morgan fingerprint density at radius 1 is 1.47 bits per heavy atom. The fourth-order valence-corrected chi connectivity index (χ4v) is 1.71. The maximum atomic E-state index is 12.9. The standard InChI is InChI=1S/C12H20F2N2O/c1-9(10(17)15-11(2,3)4)7-16-6-5-12(13,14)8-16/h1,5-8H2,2-4H3,(H,15,17). The van der Waals surface area contributed by atoms with Crippen LogP contribution in [0.25, 0.3) is 0 Å². The monoisotopic (exact) mass is 246 g/mol. The van der Waals surface area contributed by atoms with Crippen LogP contribution in [0.15, 0.2) is 12.2 Å². The molecule has 1 heterocycles. The summed E-state index contributed by atoms with van der Waals surface area (Å²) in [5, 5.41) is 2.76. The van der Waals surface area contributed by atoms with Crippen molar-refractivity contribution < 1.29 is 13.6 Å². The van der Waals surface area contributed by atoms with Crippen LogP contribution in [0.1, 0.15) is 27.2 Å². The predicted molar refractivity (Wildman–Crippen MR) is 63.0 cm³/mol. The van der Waals surface area contributed by atoms with Crippen LogP contribution in [0.2, 0.25) is 0 Å². The number of nitrogens with one attached hydrogen (secondary N) is 1. The van der Waals surface area contributed by atoms with Crippen LogP contribution in [0.4, 0.5) is 8.78 Å². The van der Waals surface area contributed by atoms with Crippen LogP contribution >= 0.6 is 0 Å². The van der Waals surface area contributed by atoms with Gasteiger partial charge in [0.1, 0.15) is 0 Å². The van der Waals surface area contributed by atoms with Crippen molar-refractivity contribution in [2.45, 2.75) is 38.7 Å². The van der Waals surface area contributed by atoms with Crippen LogP contribution in [0.3, 0.4) is 0 Å². The highest BCUT2D eigenvalue weighted by Crippen LogP contribution is 2.26. The van der Waals surface area contributed by atoms with Crippen molar-refractivity contribution in [1.82, 2.24) is 10.2 Å². The SMILES string of the molecule is C=C(CN1CCC(F)(F)C1)C(=O)NC(C)(C)C. The summed E-state index contributed by atoms with van der Waals surface area (Å²) < 4.78 is 25.9. The molecule has 1 aliphatic heterocycles. The van der Waals surface area contributed by atoms with Crippen LogP contribution < -0.4 is 5.32 Å². The molecule has 0 aromatic rings. The molecule has 1 rings (SSSR count). The number of likely N-dealkylation sites (tertiary alicyclic amines) is 1. The molecule has 0 unspecified atom stereocenters. The molecule has 5 heteroatoms. The van der Waals surface area contributed by atoms with Gasteiger partial charge in [0.2, 0.25) is 5.91 Å². The second-order valence-electron chi connectivity index (χ2n) is 5.62. The Hall–Kier alpha value is -0.970. The molecular formula is C12H20F2N2O. The minimum absolute atomic E-state index is 0.138. The van der Waals surface area contributed by atoms with Gasteiger partial charge < -0.3 is 5.32 Å². The van der Waals surface area contributed by atoms with Gasteiger partial charge in [0.05, 0.1) is 6.54 Å². The Balaban J connectivity index is 2.43. The van der Waals surface area contributed by atoms with Crippen molar-refractivity contribution in [1.29, 1.82) is 0 Å². The summed E-state index contributed by atoms with van der Waals surface area (Å²) in [5.74, 6) is -2.89. The Bertz CT molecular complexity index is 321. The number of halogens is 2. The molecular weight excluding hydrogens is 226 g/mol. The van der Waals surface area contributed by atoms with E-state index in [-0.39, 0.29) is 31.0 Å². The summed E-state index contributed by atoms with van der Waals surface area (Å²) in [6.07, 6.45) is -0.138. The van der Waals surface area contributed by atoms with Crippen molar-refractivity contribution in [2.24, 2.45) is 0 Å². The molecule has 0 bridgehead atoms. The third-order valence-corrected chi connectivity index (χ3v) is 2.47. The lowest BCUT2D eigenvalue weighted by molar-refractivity contribution is -0.119. The maximum Gasteiger partial charge on any atom is 0.261 e. The van der Waals surface area contributed by atoms with Gasteiger partial charge in [-0.2, -0.15) is 0 Å². The first-order valence-electron chi connectivity index (χ1n) is 5.69. The second-order valence-corrected chi connectivity index (χ2v) is 5.62. The molecule has 0 aliphatic carbocycles. The van der Waals surface area contributed by atoms with E-state index in [1.165, 1.54) is 0 Å². The van der Waals surface area contributed by atoms with E-state index in [0.717, 1.165) is 0 Å². The minimum Gasteiger partial charge on any atom is -0.348 e. The average molecular weight is 246 g/mol. The Labute approximate surface area is 101 Å². The van der Waals surface area contributed by atoms with Crippen LogP contribution in [0, 0.1) is 0 Å². The van der Waals surface area contributed by atoms with E-state index in [4.69, 9.17) is 0 Å². The zero-order valence-corrected chi connectivity index (χ0v) is 10.6. The summed E-state index contributed by atoms with van der Waals surface area (Å²) in [4.78, 5) is 13.2. The fourth-order valence-electron chi connectivity index (χ4n) is 1.71. The maximum absolute atomic E-state index is 12.9. The molecule has 3 nitrogen and oxygen atoms in total. The van der Waals surface area contributed by atoms with E-state index in [9.17, 15) is 13.6 Å². The molecule has 0 atom stereocenters. The largest absolute Gasteiger partial charge is 0.348 e. The van der Waals surface area contributed by atoms with Gasteiger partial charge in [-0.25, -0.2) is 8.78 Å². The van der Waals surface area contributed by atoms with Crippen molar-refractivity contribution in [3.8, 4) is 0 Å². The second kappa shape index (κ2) is 4.72. The number of rotatable bonds is 3. The first kappa shape index (κ1) is 14.1. The third-order valence-electron chi connectivity index (χ3n) is 2.47. The Morgan fingerprint density at radius 2 is 2.06 bits per heavy atom. The van der Waals surface area contributed by atoms with Gasteiger partial charge in [-0.1, -0.05) is 6.58 Å². The number of amides is 1. The number of hydrogen-bond donors (Lipinski definition) is 1. The highest BCUT2D eigenvalue weighted by atomic mass is 19.3. The van der Waals surface area contributed by atoms with Gasteiger partial charge in [-0.15, -0.1) is 0 Å². The molecule has 0 aromatic carbocycles. The van der Waals surface area contributed by atoms with Crippen molar-refractivity contribution >= 4 is 5.91 Å². The number of nitrogens with zero attached hydrogens (tertiary/aromatic N) is 1. The molecule has 1 aliphatic rings. The molecule has 0 saturated carbocycles. The van der Waals surface area contributed by atoms with E-state index in [2.05, 4.69) is 11.9 Å². The number of carbonyl (C=O) groups is 1. The average Bonchev–Trinajstić information content (AvgIpc) is 2.42. The van der Waals surface area contributed by atoms with Gasteiger partial charge in [0.15, 0.2) is 0 Å². The summed E-state index contributed by atoms with van der Waals surface area (Å²) in [6.45, 7) is 9.48. The van der Waals surface area contributed by atoms with E-state index in [0.29, 0.717) is 12.1 Å². The van der Waals surface area contributed by atoms with Crippen LogP contribution in [-0.2, 0) is 4.79 Å². The fraction of sp³-hybridized carbons (Fsp3) is 0.750. The Morgan fingerprint density at radius 3 is 2.47 bits per heavy atom. The molecule has 1 amide bonds. The lowest BCUT2D eigenvalue weighted by Gasteiger charge is -2.23. The lowest BCUT2D eigenvalue weighted by atomic mass is 10.1. The number of alkyl halides is 2. The zero-order chi connectivity index (χ0) is 13.3. The van der Waals surface area contributed by atoms with Gasteiger partial charge in [-0.05, 0) is 20.8 Å². The number of hydrogen-bond acceptors (Lipinski definition) is 2. The molecule has 98 valence electrons. The summed E-state index contributed by atoms with van der Waals surface area (Å²) in [6, 6.07) is 0. The quantitative estimate of drug-likeness (QED) is 0.770. The molecule has 0 radical (unpaired) electrons. The van der Waals surface area contributed by atoms with Crippen molar-refractivity contribution in [2.75, 3.05) is 19.6 Å². The Kier molecular flexibility index (Phi) is 3.91. The highest BCUT2D eigenvalue weighted by molar-refractivity contribution is 5.93. The summed E-state index contributed by atoms with van der Waals surface area (Å²) in [7, 11) is 0. The topological polar surface area (TPSA) is 32.3 Å². The molecule has 17 heavy (non-hydrogen) atoms. The van der Waals surface area contributed by atoms with Gasteiger partial charge in [-0.3, -0.25) is 9.69 Å². The molecule has 0 spiro atoms. The molecule has 0 aromatic heterocycles. The lowest BCUT2D eigenvalue weighted by Crippen LogP contribution is -2.43. The highest BCUT2D eigenvalue weighted by Gasteiger charge is 2.38. The van der Waals surface area contributed by atoms with E-state index in [1.54, 1.807) is 4.90 Å². The van der Waals surface area contributed by atoms with Crippen LogP contribution in [-0.4, -0.2) is 41.9 Å². The first-order valence-corrected chi connectivity index (χ1v) is 5.69. The minimum atomic E-state index is -2.62. The zero-order valence-electron chi connectivity index (χ0n) is 10.6. The van der Waals surface area contributed by atoms with Gasteiger partial charge >= 0.3 is 0 Å². The van der Waals surface area contributed by atoms with Crippen molar-refractivity contribution in [3.05, 3.63) is 12.2 Å². The molecule has 1 fully saturated rings. The van der Waals surface area contributed by atoms with E-state index < -0.39 is 5.92 Å². The molecule has 1 N–H and O–H groups in total. The van der Waals surface area contributed by atoms with Crippen LogP contribution in [0.5, 0.6) is 0 Å². The van der Waals surface area contributed by atoms with E-state index >= 15 is 0 Å².